The van der Waals surface area contributed by atoms with Crippen LogP contribution in [-0.2, 0) is 0 Å². The third kappa shape index (κ3) is 2.95. The molecule has 0 aromatic carbocycles. The lowest BCUT2D eigenvalue weighted by atomic mass is 9.74. The summed E-state index contributed by atoms with van der Waals surface area (Å²) in [5.41, 5.74) is 9.14. The Balaban J connectivity index is 2.10. The van der Waals surface area contributed by atoms with Crippen LogP contribution in [0.5, 0.6) is 0 Å². The van der Waals surface area contributed by atoms with E-state index in [1.54, 1.807) is 0 Å². The number of quaternary nitrogens is 1. The highest BCUT2D eigenvalue weighted by Crippen LogP contribution is 2.49. The van der Waals surface area contributed by atoms with E-state index in [0.717, 1.165) is 10.1 Å². The molecule has 1 heteroatoms. The van der Waals surface area contributed by atoms with E-state index < -0.39 is 0 Å². The fraction of sp³-hybridized carbons (Fsp3) is 0.520. The molecule has 26 heavy (non-hydrogen) atoms. The molecule has 2 fully saturated rings. The molecule has 0 amide bonds. The summed E-state index contributed by atoms with van der Waals surface area (Å²) in [6.07, 6.45) is 14.6. The van der Waals surface area contributed by atoms with E-state index in [1.807, 2.05) is 0 Å². The zero-order valence-electron chi connectivity index (χ0n) is 17.3. The molecule has 0 N–H and O–H groups in total. The number of likely N-dealkylation sites (N-methyl/N-ethyl adjacent to an activating group) is 1. The van der Waals surface area contributed by atoms with E-state index in [-0.39, 0.29) is 5.92 Å². The highest BCUT2D eigenvalue weighted by Gasteiger charge is 2.48. The number of hydrogen-bond donors (Lipinski definition) is 0. The minimum atomic E-state index is 0.159. The molecule has 2 unspecified atom stereocenters. The number of terminal acetylenes is 1. The van der Waals surface area contributed by atoms with E-state index in [1.165, 1.54) is 65.7 Å². The molecule has 1 heterocycles. The van der Waals surface area contributed by atoms with Gasteiger partial charge in [-0.1, -0.05) is 25.5 Å². The van der Waals surface area contributed by atoms with Crippen LogP contribution in [0, 0.1) is 24.2 Å². The van der Waals surface area contributed by atoms with Crippen molar-refractivity contribution in [1.29, 1.82) is 0 Å². The van der Waals surface area contributed by atoms with Crippen LogP contribution in [-0.4, -0.2) is 17.6 Å². The fourth-order valence-electron chi connectivity index (χ4n) is 4.55. The molecule has 1 aliphatic heterocycles. The summed E-state index contributed by atoms with van der Waals surface area (Å²) in [6.45, 7) is 17.8. The zero-order valence-corrected chi connectivity index (χ0v) is 17.3. The number of rotatable bonds is 5. The van der Waals surface area contributed by atoms with Crippen molar-refractivity contribution >= 4 is 0 Å². The van der Waals surface area contributed by atoms with Gasteiger partial charge >= 0.3 is 0 Å². The number of hydrogen-bond acceptors (Lipinski definition) is 0. The standard InChI is InChI=1S/C25H34N/c1-9-16(2)17(3)19(5)25-20(6)18(4)24(21(7)22-11-10-12-22)15-26(25,8)23-13-14-23/h1,15-16,22-23H,4,7,10-14H2,2-3,5-6,8H3/q+1/b19-17-. The van der Waals surface area contributed by atoms with Crippen LogP contribution in [0.3, 0.4) is 0 Å². The Bertz CT molecular complexity index is 787. The van der Waals surface area contributed by atoms with Crippen LogP contribution in [0.4, 0.5) is 0 Å². The molecule has 2 aliphatic carbocycles. The van der Waals surface area contributed by atoms with E-state index in [4.69, 9.17) is 6.42 Å². The highest BCUT2D eigenvalue weighted by atomic mass is 15.4. The van der Waals surface area contributed by atoms with Crippen LogP contribution in [0.1, 0.15) is 59.8 Å². The Morgan fingerprint density at radius 2 is 1.88 bits per heavy atom. The lowest BCUT2D eigenvalue weighted by molar-refractivity contribution is -0.831. The van der Waals surface area contributed by atoms with Gasteiger partial charge in [0.05, 0.1) is 13.1 Å². The van der Waals surface area contributed by atoms with Gasteiger partial charge in [0.15, 0.2) is 0 Å². The van der Waals surface area contributed by atoms with Gasteiger partial charge < -0.3 is 0 Å². The molecule has 2 saturated carbocycles. The Kier molecular flexibility index (Phi) is 4.93. The maximum atomic E-state index is 5.71. The Labute approximate surface area is 160 Å². The molecule has 0 saturated heterocycles. The summed E-state index contributed by atoms with van der Waals surface area (Å²) in [4.78, 5) is 0. The summed E-state index contributed by atoms with van der Waals surface area (Å²) in [6, 6.07) is 0.668. The minimum absolute atomic E-state index is 0.159. The SMILES string of the molecule is C#CC(C)/C(C)=C(/C)C1=C(C)C(=C)C(C(=C)C2CCC2)=C[N+]1(C)C1CC1. The molecular weight excluding hydrogens is 314 g/mol. The third-order valence-electron chi connectivity index (χ3n) is 7.11. The van der Waals surface area contributed by atoms with Gasteiger partial charge in [0, 0.05) is 35.5 Å². The van der Waals surface area contributed by atoms with Crippen molar-refractivity contribution in [2.75, 3.05) is 7.05 Å². The average Bonchev–Trinajstić information content (AvgIpc) is 3.40. The first kappa shape index (κ1) is 19.0. The van der Waals surface area contributed by atoms with Crippen LogP contribution in [0.15, 0.2) is 58.5 Å². The predicted molar refractivity (Wildman–Crippen MR) is 112 cm³/mol. The first-order valence-corrected chi connectivity index (χ1v) is 10.0. The van der Waals surface area contributed by atoms with Crippen molar-refractivity contribution in [3.05, 3.63) is 58.5 Å². The largest absolute Gasteiger partial charge is 0.264 e. The Morgan fingerprint density at radius 3 is 2.35 bits per heavy atom. The summed E-state index contributed by atoms with van der Waals surface area (Å²) in [7, 11) is 2.37. The van der Waals surface area contributed by atoms with Crippen LogP contribution < -0.4 is 0 Å². The van der Waals surface area contributed by atoms with Crippen molar-refractivity contribution in [2.24, 2.45) is 11.8 Å². The van der Waals surface area contributed by atoms with Crippen molar-refractivity contribution in [1.82, 2.24) is 0 Å². The second-order valence-corrected chi connectivity index (χ2v) is 8.72. The molecule has 0 spiro atoms. The van der Waals surface area contributed by atoms with Gasteiger partial charge in [-0.3, -0.25) is 4.48 Å². The van der Waals surface area contributed by atoms with Gasteiger partial charge in [0.25, 0.3) is 0 Å². The molecular formula is C25H34N+. The molecule has 3 rings (SSSR count). The molecule has 0 bridgehead atoms. The first-order valence-electron chi connectivity index (χ1n) is 10.0. The third-order valence-corrected chi connectivity index (χ3v) is 7.11. The van der Waals surface area contributed by atoms with Gasteiger partial charge in [0.2, 0.25) is 0 Å². The first-order chi connectivity index (χ1) is 12.2. The Morgan fingerprint density at radius 1 is 1.27 bits per heavy atom. The van der Waals surface area contributed by atoms with Crippen LogP contribution in [0.2, 0.25) is 0 Å². The topological polar surface area (TPSA) is 0 Å². The zero-order chi connectivity index (χ0) is 19.2. The number of allylic oxidation sites excluding steroid dienone is 6. The highest BCUT2D eigenvalue weighted by molar-refractivity contribution is 5.59. The van der Waals surface area contributed by atoms with Gasteiger partial charge in [-0.15, -0.1) is 6.42 Å². The molecule has 2 atom stereocenters. The monoisotopic (exact) mass is 348 g/mol. The molecule has 1 nitrogen and oxygen atoms in total. The van der Waals surface area contributed by atoms with E-state index in [9.17, 15) is 0 Å². The maximum Gasteiger partial charge on any atom is 0.143 e. The molecule has 0 aromatic heterocycles. The minimum Gasteiger partial charge on any atom is -0.264 e. The van der Waals surface area contributed by atoms with Crippen molar-refractivity contribution < 1.29 is 4.48 Å². The second kappa shape index (κ2) is 6.75. The van der Waals surface area contributed by atoms with Crippen LogP contribution >= 0.6 is 0 Å². The van der Waals surface area contributed by atoms with Gasteiger partial charge in [-0.05, 0) is 63.2 Å². The summed E-state index contributed by atoms with van der Waals surface area (Å²) < 4.78 is 0.881. The fourth-order valence-corrected chi connectivity index (χ4v) is 4.55. The summed E-state index contributed by atoms with van der Waals surface area (Å²) in [5.74, 6) is 3.71. The summed E-state index contributed by atoms with van der Waals surface area (Å²) >= 11 is 0. The van der Waals surface area contributed by atoms with E-state index in [0.29, 0.717) is 12.0 Å². The maximum absolute atomic E-state index is 5.71. The molecule has 0 aromatic rings. The number of nitrogens with zero attached hydrogens (tertiary/aromatic N) is 1. The van der Waals surface area contributed by atoms with E-state index in [2.05, 4.69) is 60.0 Å². The van der Waals surface area contributed by atoms with Crippen molar-refractivity contribution in [3.63, 3.8) is 0 Å². The van der Waals surface area contributed by atoms with Crippen molar-refractivity contribution in [2.45, 2.75) is 65.8 Å². The smallest absolute Gasteiger partial charge is 0.143 e. The molecule has 3 aliphatic rings. The normalized spacial score (nSPS) is 28.8. The lowest BCUT2D eigenvalue weighted by Crippen LogP contribution is -2.44. The van der Waals surface area contributed by atoms with Gasteiger partial charge in [0.1, 0.15) is 11.9 Å². The van der Waals surface area contributed by atoms with Crippen molar-refractivity contribution in [3.8, 4) is 12.3 Å². The van der Waals surface area contributed by atoms with Crippen LogP contribution in [0.25, 0.3) is 0 Å². The second-order valence-electron chi connectivity index (χ2n) is 8.72. The van der Waals surface area contributed by atoms with Gasteiger partial charge in [-0.2, -0.15) is 0 Å². The predicted octanol–water partition coefficient (Wildman–Crippen LogP) is 6.29. The average molecular weight is 349 g/mol. The Hall–Kier alpha value is -1.78. The summed E-state index contributed by atoms with van der Waals surface area (Å²) in [5, 5.41) is 0. The molecule has 138 valence electrons. The quantitative estimate of drug-likeness (QED) is 0.405. The van der Waals surface area contributed by atoms with E-state index >= 15 is 0 Å². The van der Waals surface area contributed by atoms with Gasteiger partial charge in [-0.25, -0.2) is 0 Å². The molecule has 0 radical (unpaired) electrons. The lowest BCUT2D eigenvalue weighted by Gasteiger charge is -2.41.